The van der Waals surface area contributed by atoms with E-state index in [1.807, 2.05) is 6.92 Å². The third kappa shape index (κ3) is 4.07. The molecule has 1 atom stereocenters. The van der Waals surface area contributed by atoms with E-state index in [2.05, 4.69) is 10.3 Å². The third-order valence-electron chi connectivity index (χ3n) is 1.99. The first kappa shape index (κ1) is 11.6. The van der Waals surface area contributed by atoms with Crippen molar-refractivity contribution in [3.63, 3.8) is 0 Å². The molecule has 0 fully saturated rings. The molecule has 0 saturated carbocycles. The fourth-order valence-corrected chi connectivity index (χ4v) is 1.15. The second kappa shape index (κ2) is 5.45. The van der Waals surface area contributed by atoms with E-state index in [1.54, 1.807) is 10.9 Å². The van der Waals surface area contributed by atoms with Crippen molar-refractivity contribution in [2.45, 2.75) is 26.3 Å². The fourth-order valence-electron chi connectivity index (χ4n) is 1.15. The Labute approximate surface area is 87.5 Å². The van der Waals surface area contributed by atoms with Crippen LogP contribution in [0.15, 0.2) is 6.20 Å². The summed E-state index contributed by atoms with van der Waals surface area (Å²) in [7, 11) is 0. The molecular formula is C9H15N3O3. The second-order valence-electron chi connectivity index (χ2n) is 3.61. The van der Waals surface area contributed by atoms with E-state index in [9.17, 15) is 4.79 Å². The lowest BCUT2D eigenvalue weighted by atomic mass is 10.2. The van der Waals surface area contributed by atoms with Gasteiger partial charge in [0.05, 0.1) is 12.1 Å². The molecule has 84 valence electrons. The maximum atomic E-state index is 10.3. The van der Waals surface area contributed by atoms with Crippen molar-refractivity contribution < 1.29 is 15.0 Å². The van der Waals surface area contributed by atoms with E-state index < -0.39 is 5.97 Å². The smallest absolute Gasteiger partial charge is 0.303 e. The summed E-state index contributed by atoms with van der Waals surface area (Å²) in [6.07, 6.45) is 2.17. The Morgan fingerprint density at radius 3 is 3.00 bits per heavy atom. The summed E-state index contributed by atoms with van der Waals surface area (Å²) < 4.78 is 1.62. The topological polar surface area (TPSA) is 88.2 Å². The van der Waals surface area contributed by atoms with E-state index in [0.717, 1.165) is 0 Å². The van der Waals surface area contributed by atoms with Crippen molar-refractivity contribution in [1.82, 2.24) is 15.0 Å². The number of rotatable bonds is 6. The summed E-state index contributed by atoms with van der Waals surface area (Å²) in [5.41, 5.74) is 0.669. The number of aryl methyl sites for hydroxylation is 1. The van der Waals surface area contributed by atoms with E-state index >= 15 is 0 Å². The molecule has 2 N–H and O–H groups in total. The highest BCUT2D eigenvalue weighted by Crippen LogP contribution is 2.01. The van der Waals surface area contributed by atoms with Gasteiger partial charge in [0.2, 0.25) is 0 Å². The Bertz CT molecular complexity index is 324. The predicted octanol–water partition coefficient (Wildman–Crippen LogP) is -0.0763. The summed E-state index contributed by atoms with van der Waals surface area (Å²) >= 11 is 0. The Kier molecular flexibility index (Phi) is 4.23. The van der Waals surface area contributed by atoms with Crippen LogP contribution >= 0.6 is 0 Å². The van der Waals surface area contributed by atoms with Crippen LogP contribution in [0.25, 0.3) is 0 Å². The largest absolute Gasteiger partial charge is 0.481 e. The summed E-state index contributed by atoms with van der Waals surface area (Å²) in [6, 6.07) is 0. The summed E-state index contributed by atoms with van der Waals surface area (Å²) in [5, 5.41) is 25.0. The van der Waals surface area contributed by atoms with E-state index in [0.29, 0.717) is 18.7 Å². The maximum absolute atomic E-state index is 10.3. The van der Waals surface area contributed by atoms with Crippen molar-refractivity contribution in [3.8, 4) is 0 Å². The van der Waals surface area contributed by atoms with Gasteiger partial charge in [0, 0.05) is 25.8 Å². The average Bonchev–Trinajstić information content (AvgIpc) is 2.62. The highest BCUT2D eigenvalue weighted by Gasteiger charge is 2.06. The van der Waals surface area contributed by atoms with Gasteiger partial charge in [0.25, 0.3) is 0 Å². The van der Waals surface area contributed by atoms with Crippen LogP contribution in [0.2, 0.25) is 0 Å². The molecular weight excluding hydrogens is 198 g/mol. The fraction of sp³-hybridized carbons (Fsp3) is 0.667. The first-order valence-corrected chi connectivity index (χ1v) is 4.83. The van der Waals surface area contributed by atoms with Gasteiger partial charge >= 0.3 is 5.97 Å². The van der Waals surface area contributed by atoms with E-state index in [1.165, 1.54) is 0 Å². The SMILES string of the molecule is CC(CO)Cn1cc(CCC(=O)O)nn1. The lowest BCUT2D eigenvalue weighted by Gasteiger charge is -2.05. The second-order valence-corrected chi connectivity index (χ2v) is 3.61. The molecule has 15 heavy (non-hydrogen) atoms. The third-order valence-corrected chi connectivity index (χ3v) is 1.99. The van der Waals surface area contributed by atoms with Crippen molar-refractivity contribution in [2.24, 2.45) is 5.92 Å². The van der Waals surface area contributed by atoms with Crippen LogP contribution < -0.4 is 0 Å². The first-order valence-electron chi connectivity index (χ1n) is 4.83. The lowest BCUT2D eigenvalue weighted by molar-refractivity contribution is -0.136. The van der Waals surface area contributed by atoms with Crippen molar-refractivity contribution in [2.75, 3.05) is 6.61 Å². The van der Waals surface area contributed by atoms with E-state index in [-0.39, 0.29) is 18.9 Å². The van der Waals surface area contributed by atoms with Crippen LogP contribution in [0.1, 0.15) is 19.0 Å². The predicted molar refractivity (Wildman–Crippen MR) is 52.2 cm³/mol. The highest BCUT2D eigenvalue weighted by atomic mass is 16.4. The average molecular weight is 213 g/mol. The Morgan fingerprint density at radius 2 is 2.40 bits per heavy atom. The normalized spacial score (nSPS) is 12.7. The molecule has 0 aliphatic heterocycles. The van der Waals surface area contributed by atoms with Crippen LogP contribution in [0.5, 0.6) is 0 Å². The molecule has 0 spiro atoms. The standard InChI is InChI=1S/C9H15N3O3/c1-7(6-13)4-12-5-8(10-11-12)2-3-9(14)15/h5,7,13H,2-4,6H2,1H3,(H,14,15). The summed E-state index contributed by atoms with van der Waals surface area (Å²) in [4.78, 5) is 10.3. The molecule has 0 radical (unpaired) electrons. The molecule has 0 bridgehead atoms. The van der Waals surface area contributed by atoms with Crippen LogP contribution in [0.4, 0.5) is 0 Å². The molecule has 0 aliphatic rings. The minimum absolute atomic E-state index is 0.0637. The van der Waals surface area contributed by atoms with Crippen molar-refractivity contribution in [3.05, 3.63) is 11.9 Å². The highest BCUT2D eigenvalue weighted by molar-refractivity contribution is 5.66. The molecule has 6 nitrogen and oxygen atoms in total. The molecule has 6 heteroatoms. The molecule has 0 amide bonds. The Morgan fingerprint density at radius 1 is 1.67 bits per heavy atom. The van der Waals surface area contributed by atoms with Gasteiger partial charge in [-0.15, -0.1) is 5.10 Å². The quantitative estimate of drug-likeness (QED) is 0.690. The van der Waals surface area contributed by atoms with Gasteiger partial charge < -0.3 is 10.2 Å². The Hall–Kier alpha value is -1.43. The van der Waals surface area contributed by atoms with Gasteiger partial charge in [-0.2, -0.15) is 0 Å². The molecule has 0 aromatic carbocycles. The number of aliphatic hydroxyl groups is 1. The molecule has 1 heterocycles. The molecule has 0 saturated heterocycles. The maximum Gasteiger partial charge on any atom is 0.303 e. The molecule has 1 aromatic rings. The lowest BCUT2D eigenvalue weighted by Crippen LogP contribution is -2.11. The van der Waals surface area contributed by atoms with Crippen LogP contribution in [-0.2, 0) is 17.8 Å². The van der Waals surface area contributed by atoms with Gasteiger partial charge in [0.1, 0.15) is 0 Å². The van der Waals surface area contributed by atoms with Gasteiger partial charge in [0.15, 0.2) is 0 Å². The first-order chi connectivity index (χ1) is 7.11. The number of hydrogen-bond acceptors (Lipinski definition) is 4. The zero-order valence-electron chi connectivity index (χ0n) is 8.63. The van der Waals surface area contributed by atoms with Crippen LogP contribution in [0, 0.1) is 5.92 Å². The summed E-state index contributed by atoms with van der Waals surface area (Å²) in [5.74, 6) is -0.715. The number of aromatic nitrogens is 3. The van der Waals surface area contributed by atoms with Crippen LogP contribution in [-0.4, -0.2) is 37.8 Å². The van der Waals surface area contributed by atoms with Crippen molar-refractivity contribution in [1.29, 1.82) is 0 Å². The number of hydrogen-bond donors (Lipinski definition) is 2. The minimum atomic E-state index is -0.840. The molecule has 0 aliphatic carbocycles. The monoisotopic (exact) mass is 213 g/mol. The number of carbonyl (C=O) groups is 1. The molecule has 1 rings (SSSR count). The van der Waals surface area contributed by atoms with Gasteiger partial charge in [-0.05, 0) is 5.92 Å². The summed E-state index contributed by atoms with van der Waals surface area (Å²) in [6.45, 7) is 2.60. The van der Waals surface area contributed by atoms with Gasteiger partial charge in [-0.3, -0.25) is 9.48 Å². The van der Waals surface area contributed by atoms with Gasteiger partial charge in [-0.1, -0.05) is 12.1 Å². The number of carboxylic acid groups (broad SMARTS) is 1. The van der Waals surface area contributed by atoms with E-state index in [4.69, 9.17) is 10.2 Å². The zero-order chi connectivity index (χ0) is 11.3. The van der Waals surface area contributed by atoms with Crippen LogP contribution in [0.3, 0.4) is 0 Å². The Balaban J connectivity index is 2.45. The number of aliphatic hydroxyl groups excluding tert-OH is 1. The molecule has 1 unspecified atom stereocenters. The number of carboxylic acids is 1. The minimum Gasteiger partial charge on any atom is -0.481 e. The number of nitrogens with zero attached hydrogens (tertiary/aromatic N) is 3. The van der Waals surface area contributed by atoms with Gasteiger partial charge in [-0.25, -0.2) is 0 Å². The zero-order valence-corrected chi connectivity index (χ0v) is 8.63. The van der Waals surface area contributed by atoms with Crippen molar-refractivity contribution >= 4 is 5.97 Å². The molecule has 1 aromatic heterocycles. The number of aliphatic carboxylic acids is 1.